The number of hydrazine groups is 1. The van der Waals surface area contributed by atoms with E-state index in [0.717, 1.165) is 0 Å². The van der Waals surface area contributed by atoms with Crippen molar-refractivity contribution in [2.45, 2.75) is 40.1 Å². The number of primary amides is 1. The maximum atomic E-state index is 13.2. The second-order valence-electron chi connectivity index (χ2n) is 6.52. The number of halogens is 3. The standard InChI is InChI=1S/C16H24I3N3O6/c1-2-11(26)21-22-14(28)15(3-4-23)9(17)5-10(18)16(12(15)19,13(20)27)6-8(25)7-24/h5,8,10,12,23-25H,2-4,6-7H2,1H3,(H2,20,27)(H,21,26)(H,22,28). The fourth-order valence-corrected chi connectivity index (χ4v) is 9.56. The van der Waals surface area contributed by atoms with Gasteiger partial charge in [0.05, 0.1) is 23.5 Å². The molecule has 7 N–H and O–H groups in total. The Hall–Kier alpha value is 0.220. The number of rotatable bonds is 8. The van der Waals surface area contributed by atoms with E-state index in [0.29, 0.717) is 3.58 Å². The average molecular weight is 735 g/mol. The van der Waals surface area contributed by atoms with Crippen molar-refractivity contribution in [2.24, 2.45) is 16.6 Å². The predicted molar refractivity (Wildman–Crippen MR) is 128 cm³/mol. The molecule has 0 aliphatic heterocycles. The highest BCUT2D eigenvalue weighted by Gasteiger charge is 2.63. The monoisotopic (exact) mass is 735 g/mol. The number of amides is 3. The molecule has 28 heavy (non-hydrogen) atoms. The zero-order valence-corrected chi connectivity index (χ0v) is 21.6. The SMILES string of the molecule is CCC(=O)NNC(=O)C1(CCO)C(I)=CC(I)C(CC(O)CO)(C(N)=O)C1I. The molecule has 0 fully saturated rings. The molecule has 0 spiro atoms. The summed E-state index contributed by atoms with van der Waals surface area (Å²) in [6.45, 7) is 0.720. The number of aliphatic hydroxyl groups is 3. The van der Waals surface area contributed by atoms with Crippen molar-refractivity contribution in [2.75, 3.05) is 13.2 Å². The number of aliphatic hydroxyl groups excluding tert-OH is 3. The van der Waals surface area contributed by atoms with Gasteiger partial charge >= 0.3 is 0 Å². The molecule has 0 radical (unpaired) electrons. The smallest absolute Gasteiger partial charge is 0.250 e. The topological polar surface area (TPSA) is 162 Å². The number of nitrogens with two attached hydrogens (primary N) is 1. The van der Waals surface area contributed by atoms with Gasteiger partial charge in [0, 0.05) is 24.5 Å². The van der Waals surface area contributed by atoms with E-state index in [1.54, 1.807) is 13.0 Å². The van der Waals surface area contributed by atoms with Gasteiger partial charge in [-0.2, -0.15) is 0 Å². The molecule has 5 unspecified atom stereocenters. The normalized spacial score (nSPS) is 30.9. The first kappa shape index (κ1) is 26.3. The van der Waals surface area contributed by atoms with Crippen LogP contribution in [-0.4, -0.2) is 60.2 Å². The molecular weight excluding hydrogens is 711 g/mol. The highest BCUT2D eigenvalue weighted by atomic mass is 127. The van der Waals surface area contributed by atoms with Gasteiger partial charge in [-0.1, -0.05) is 58.2 Å². The maximum Gasteiger partial charge on any atom is 0.250 e. The van der Waals surface area contributed by atoms with E-state index in [4.69, 9.17) is 5.73 Å². The van der Waals surface area contributed by atoms with E-state index in [1.807, 2.05) is 67.8 Å². The Balaban J connectivity index is 3.53. The van der Waals surface area contributed by atoms with Crippen molar-refractivity contribution in [3.8, 4) is 0 Å². The van der Waals surface area contributed by atoms with E-state index >= 15 is 0 Å². The van der Waals surface area contributed by atoms with Gasteiger partial charge < -0.3 is 21.1 Å². The molecule has 0 aromatic carbocycles. The minimum atomic E-state index is -1.36. The summed E-state index contributed by atoms with van der Waals surface area (Å²) in [7, 11) is 0. The summed E-state index contributed by atoms with van der Waals surface area (Å²) >= 11 is 5.98. The van der Waals surface area contributed by atoms with Crippen molar-refractivity contribution < 1.29 is 29.7 Å². The second kappa shape index (κ2) is 11.0. The van der Waals surface area contributed by atoms with Crippen LogP contribution in [0, 0.1) is 10.8 Å². The molecule has 0 aromatic rings. The lowest BCUT2D eigenvalue weighted by atomic mass is 9.61. The zero-order valence-electron chi connectivity index (χ0n) is 15.1. The third-order valence-electron chi connectivity index (χ3n) is 4.89. The van der Waals surface area contributed by atoms with Crippen LogP contribution in [0.15, 0.2) is 9.66 Å². The molecule has 1 aliphatic carbocycles. The van der Waals surface area contributed by atoms with E-state index in [2.05, 4.69) is 10.9 Å². The molecule has 5 atom stereocenters. The van der Waals surface area contributed by atoms with Gasteiger partial charge in [0.1, 0.15) is 0 Å². The van der Waals surface area contributed by atoms with Crippen LogP contribution in [0.3, 0.4) is 0 Å². The average Bonchev–Trinajstić information content (AvgIpc) is 2.65. The fraction of sp³-hybridized carbons (Fsp3) is 0.688. The van der Waals surface area contributed by atoms with Crippen molar-refractivity contribution >= 4 is 85.5 Å². The van der Waals surface area contributed by atoms with E-state index < -0.39 is 49.1 Å². The van der Waals surface area contributed by atoms with Crippen LogP contribution in [0.25, 0.3) is 0 Å². The van der Waals surface area contributed by atoms with Gasteiger partial charge in [-0.15, -0.1) is 0 Å². The van der Waals surface area contributed by atoms with Crippen molar-refractivity contribution in [1.29, 1.82) is 0 Å². The van der Waals surface area contributed by atoms with Crippen LogP contribution in [-0.2, 0) is 14.4 Å². The number of allylic oxidation sites excluding steroid dienone is 1. The molecule has 1 aliphatic rings. The lowest BCUT2D eigenvalue weighted by Crippen LogP contribution is -2.64. The lowest BCUT2D eigenvalue weighted by Gasteiger charge is -2.51. The summed E-state index contributed by atoms with van der Waals surface area (Å²) in [5.74, 6) is -1.70. The first-order chi connectivity index (χ1) is 13.0. The van der Waals surface area contributed by atoms with Crippen molar-refractivity contribution in [3.05, 3.63) is 9.66 Å². The Kier molecular flexibility index (Phi) is 10.3. The first-order valence-electron chi connectivity index (χ1n) is 8.49. The minimum Gasteiger partial charge on any atom is -0.396 e. The third-order valence-corrected chi connectivity index (χ3v) is 9.85. The molecule has 0 aromatic heterocycles. The van der Waals surface area contributed by atoms with Gasteiger partial charge in [0.2, 0.25) is 11.8 Å². The zero-order chi connectivity index (χ0) is 21.7. The van der Waals surface area contributed by atoms with Crippen LogP contribution in [0.4, 0.5) is 0 Å². The first-order valence-corrected chi connectivity index (χ1v) is 12.1. The maximum absolute atomic E-state index is 13.2. The number of hydrogen-bond donors (Lipinski definition) is 6. The van der Waals surface area contributed by atoms with Crippen LogP contribution < -0.4 is 16.6 Å². The number of nitrogens with one attached hydrogen (secondary N) is 2. The summed E-state index contributed by atoms with van der Waals surface area (Å²) in [6, 6.07) is 0. The summed E-state index contributed by atoms with van der Waals surface area (Å²) < 4.78 is -0.625. The molecule has 0 bridgehead atoms. The molecule has 0 saturated heterocycles. The Morgan fingerprint density at radius 1 is 1.29 bits per heavy atom. The number of carbonyl (C=O) groups excluding carboxylic acids is 3. The Labute approximate surface area is 204 Å². The van der Waals surface area contributed by atoms with Gasteiger partial charge in [0.15, 0.2) is 0 Å². The summed E-state index contributed by atoms with van der Waals surface area (Å²) in [4.78, 5) is 37.3. The summed E-state index contributed by atoms with van der Waals surface area (Å²) in [5, 5.41) is 29.1. The molecule has 1 rings (SSSR count). The second-order valence-corrected chi connectivity index (χ2v) is 10.3. The highest BCUT2D eigenvalue weighted by Crippen LogP contribution is 2.58. The summed E-state index contributed by atoms with van der Waals surface area (Å²) in [5.41, 5.74) is 7.73. The number of carbonyl (C=O) groups is 3. The van der Waals surface area contributed by atoms with Crippen LogP contribution >= 0.6 is 67.8 Å². The van der Waals surface area contributed by atoms with Crippen LogP contribution in [0.2, 0.25) is 0 Å². The molecule has 3 amide bonds. The summed E-state index contributed by atoms with van der Waals surface area (Å²) in [6.07, 6.45) is 0.500. The van der Waals surface area contributed by atoms with Gasteiger partial charge in [-0.25, -0.2) is 0 Å². The highest BCUT2D eigenvalue weighted by molar-refractivity contribution is 14.1. The fourth-order valence-electron chi connectivity index (χ4n) is 3.24. The minimum absolute atomic E-state index is 0.0170. The van der Waals surface area contributed by atoms with E-state index in [1.165, 1.54) is 0 Å². The van der Waals surface area contributed by atoms with Crippen LogP contribution in [0.1, 0.15) is 26.2 Å². The lowest BCUT2D eigenvalue weighted by molar-refractivity contribution is -0.139. The molecule has 0 heterocycles. The molecular formula is C16H24I3N3O6. The van der Waals surface area contributed by atoms with Gasteiger partial charge in [-0.05, 0) is 35.4 Å². The molecule has 160 valence electrons. The molecule has 0 saturated carbocycles. The van der Waals surface area contributed by atoms with Gasteiger partial charge in [0.25, 0.3) is 5.91 Å². The van der Waals surface area contributed by atoms with E-state index in [9.17, 15) is 29.7 Å². The quantitative estimate of drug-likeness (QED) is 0.118. The van der Waals surface area contributed by atoms with Crippen molar-refractivity contribution in [1.82, 2.24) is 10.9 Å². The predicted octanol–water partition coefficient (Wildman–Crippen LogP) is 0.0673. The Bertz CT molecular complexity index is 649. The largest absolute Gasteiger partial charge is 0.396 e. The Morgan fingerprint density at radius 2 is 1.89 bits per heavy atom. The molecule has 9 nitrogen and oxygen atoms in total. The number of alkyl halides is 2. The molecule has 12 heteroatoms. The van der Waals surface area contributed by atoms with E-state index in [-0.39, 0.29) is 25.9 Å². The van der Waals surface area contributed by atoms with Crippen LogP contribution in [0.5, 0.6) is 0 Å². The van der Waals surface area contributed by atoms with Crippen molar-refractivity contribution in [3.63, 3.8) is 0 Å². The number of hydrogen-bond acceptors (Lipinski definition) is 6. The Morgan fingerprint density at radius 3 is 2.36 bits per heavy atom. The van der Waals surface area contributed by atoms with Gasteiger partial charge in [-0.3, -0.25) is 25.2 Å². The third kappa shape index (κ3) is 4.92.